The van der Waals surface area contributed by atoms with Gasteiger partial charge in [0.1, 0.15) is 5.75 Å². The van der Waals surface area contributed by atoms with E-state index in [-0.39, 0.29) is 17.7 Å². The van der Waals surface area contributed by atoms with Gasteiger partial charge in [0.05, 0.1) is 6.04 Å². The van der Waals surface area contributed by atoms with Crippen molar-refractivity contribution in [2.45, 2.75) is 25.3 Å². The number of phenolic OH excluding ortho intramolecular Hbond substituents is 1. The predicted octanol–water partition coefficient (Wildman–Crippen LogP) is 1.98. The lowest BCUT2D eigenvalue weighted by Crippen LogP contribution is -2.29. The zero-order chi connectivity index (χ0) is 10.4. The summed E-state index contributed by atoms with van der Waals surface area (Å²) < 4.78 is 0. The molecule has 3 nitrogen and oxygen atoms in total. The fourth-order valence-electron chi connectivity index (χ4n) is 2.46. The molecule has 0 spiro atoms. The molecular weight excluding hydrogens is 190 g/mol. The highest BCUT2D eigenvalue weighted by atomic mass is 16.3. The Kier molecular flexibility index (Phi) is 1.75. The average Bonchev–Trinajstić information content (AvgIpc) is 2.41. The summed E-state index contributed by atoms with van der Waals surface area (Å²) in [5, 5.41) is 12.4. The first-order valence-electron chi connectivity index (χ1n) is 5.39. The Labute approximate surface area is 88.1 Å². The number of benzene rings is 1. The number of hydrogen-bond donors (Lipinski definition) is 2. The first kappa shape index (κ1) is 8.77. The van der Waals surface area contributed by atoms with E-state index in [1.165, 1.54) is 19.3 Å². The Morgan fingerprint density at radius 3 is 2.80 bits per heavy atom. The number of fused-ring (bicyclic) bond motifs is 1. The van der Waals surface area contributed by atoms with Gasteiger partial charge in [0.2, 0.25) is 0 Å². The number of carbonyl (C=O) groups excluding carboxylic acids is 1. The zero-order valence-electron chi connectivity index (χ0n) is 8.36. The lowest BCUT2D eigenvalue weighted by atomic mass is 9.77. The summed E-state index contributed by atoms with van der Waals surface area (Å²) in [6, 6.07) is 5.13. The fourth-order valence-corrected chi connectivity index (χ4v) is 2.46. The molecule has 0 aromatic heterocycles. The van der Waals surface area contributed by atoms with Gasteiger partial charge in [-0.25, -0.2) is 0 Å². The number of nitrogens with one attached hydrogen (secondary N) is 1. The van der Waals surface area contributed by atoms with Gasteiger partial charge in [0.25, 0.3) is 5.91 Å². The lowest BCUT2D eigenvalue weighted by molar-refractivity contribution is 0.0932. The van der Waals surface area contributed by atoms with Gasteiger partial charge in [-0.2, -0.15) is 0 Å². The second-order valence-electron chi connectivity index (χ2n) is 4.41. The SMILES string of the molecule is O=C1NC(C2CCC2)c2cc(O)ccc21. The van der Waals surface area contributed by atoms with E-state index in [0.29, 0.717) is 5.92 Å². The molecule has 1 aromatic carbocycles. The van der Waals surface area contributed by atoms with Crippen LogP contribution >= 0.6 is 0 Å². The van der Waals surface area contributed by atoms with Crippen LogP contribution in [0.5, 0.6) is 5.75 Å². The number of phenols is 1. The number of amides is 1. The summed E-state index contributed by atoms with van der Waals surface area (Å²) >= 11 is 0. The van der Waals surface area contributed by atoms with Crippen molar-refractivity contribution in [2.75, 3.05) is 0 Å². The van der Waals surface area contributed by atoms with E-state index in [2.05, 4.69) is 5.32 Å². The van der Waals surface area contributed by atoms with Crippen LogP contribution in [0.2, 0.25) is 0 Å². The van der Waals surface area contributed by atoms with Gasteiger partial charge < -0.3 is 10.4 Å². The molecule has 1 amide bonds. The number of carbonyl (C=O) groups is 1. The Bertz CT molecular complexity index is 424. The van der Waals surface area contributed by atoms with Gasteiger partial charge in [-0.05, 0) is 42.5 Å². The van der Waals surface area contributed by atoms with Crippen molar-refractivity contribution in [3.8, 4) is 5.75 Å². The number of rotatable bonds is 1. The molecule has 2 N–H and O–H groups in total. The van der Waals surface area contributed by atoms with Crippen LogP contribution in [-0.2, 0) is 0 Å². The number of aromatic hydroxyl groups is 1. The topological polar surface area (TPSA) is 49.3 Å². The van der Waals surface area contributed by atoms with E-state index < -0.39 is 0 Å². The second kappa shape index (κ2) is 2.99. The molecule has 15 heavy (non-hydrogen) atoms. The summed E-state index contributed by atoms with van der Waals surface area (Å²) in [4.78, 5) is 11.6. The van der Waals surface area contributed by atoms with Gasteiger partial charge in [-0.3, -0.25) is 4.79 Å². The molecule has 1 atom stereocenters. The standard InChI is InChI=1S/C12H13NO2/c14-8-4-5-9-10(6-8)11(13-12(9)15)7-2-1-3-7/h4-7,11,14H,1-3H2,(H,13,15). The third-order valence-corrected chi connectivity index (χ3v) is 3.52. The van der Waals surface area contributed by atoms with Crippen LogP contribution in [0.15, 0.2) is 18.2 Å². The predicted molar refractivity (Wildman–Crippen MR) is 55.7 cm³/mol. The van der Waals surface area contributed by atoms with E-state index in [0.717, 1.165) is 11.1 Å². The molecule has 1 heterocycles. The van der Waals surface area contributed by atoms with E-state index in [4.69, 9.17) is 0 Å². The maximum atomic E-state index is 11.6. The van der Waals surface area contributed by atoms with Crippen LogP contribution in [0, 0.1) is 5.92 Å². The van der Waals surface area contributed by atoms with Crippen molar-refractivity contribution in [3.05, 3.63) is 29.3 Å². The summed E-state index contributed by atoms with van der Waals surface area (Å²) in [7, 11) is 0. The van der Waals surface area contributed by atoms with Gasteiger partial charge in [-0.1, -0.05) is 6.42 Å². The van der Waals surface area contributed by atoms with Crippen LogP contribution in [0.3, 0.4) is 0 Å². The minimum atomic E-state index is 0.00176. The van der Waals surface area contributed by atoms with Crippen LogP contribution in [0.4, 0.5) is 0 Å². The molecule has 1 unspecified atom stereocenters. The molecular formula is C12H13NO2. The van der Waals surface area contributed by atoms with Gasteiger partial charge in [0.15, 0.2) is 0 Å². The van der Waals surface area contributed by atoms with Crippen LogP contribution < -0.4 is 5.32 Å². The highest BCUT2D eigenvalue weighted by Crippen LogP contribution is 2.42. The van der Waals surface area contributed by atoms with Crippen LogP contribution in [0.25, 0.3) is 0 Å². The maximum Gasteiger partial charge on any atom is 0.252 e. The van der Waals surface area contributed by atoms with Crippen LogP contribution in [0.1, 0.15) is 41.2 Å². The smallest absolute Gasteiger partial charge is 0.252 e. The van der Waals surface area contributed by atoms with Gasteiger partial charge >= 0.3 is 0 Å². The monoisotopic (exact) mass is 203 g/mol. The van der Waals surface area contributed by atoms with Crippen molar-refractivity contribution in [2.24, 2.45) is 5.92 Å². The zero-order valence-corrected chi connectivity index (χ0v) is 8.36. The van der Waals surface area contributed by atoms with E-state index in [1.807, 2.05) is 0 Å². The maximum absolute atomic E-state index is 11.6. The highest BCUT2D eigenvalue weighted by Gasteiger charge is 2.36. The molecule has 0 saturated heterocycles. The quantitative estimate of drug-likeness (QED) is 0.733. The van der Waals surface area contributed by atoms with Crippen molar-refractivity contribution in [1.29, 1.82) is 0 Å². The van der Waals surface area contributed by atoms with E-state index in [1.54, 1.807) is 18.2 Å². The Hall–Kier alpha value is -1.51. The molecule has 1 fully saturated rings. The van der Waals surface area contributed by atoms with Crippen molar-refractivity contribution < 1.29 is 9.90 Å². The highest BCUT2D eigenvalue weighted by molar-refractivity contribution is 5.99. The molecule has 3 rings (SSSR count). The number of hydrogen-bond acceptors (Lipinski definition) is 2. The Balaban J connectivity index is 2.03. The van der Waals surface area contributed by atoms with Crippen molar-refractivity contribution in [3.63, 3.8) is 0 Å². The summed E-state index contributed by atoms with van der Waals surface area (Å²) in [5.41, 5.74) is 1.70. The molecule has 78 valence electrons. The van der Waals surface area contributed by atoms with E-state index >= 15 is 0 Å². The average molecular weight is 203 g/mol. The van der Waals surface area contributed by atoms with Gasteiger partial charge in [-0.15, -0.1) is 0 Å². The molecule has 1 aliphatic heterocycles. The third-order valence-electron chi connectivity index (χ3n) is 3.52. The molecule has 1 aromatic rings. The first-order valence-corrected chi connectivity index (χ1v) is 5.39. The fraction of sp³-hybridized carbons (Fsp3) is 0.417. The first-order chi connectivity index (χ1) is 7.25. The van der Waals surface area contributed by atoms with Crippen molar-refractivity contribution >= 4 is 5.91 Å². The Morgan fingerprint density at radius 2 is 2.13 bits per heavy atom. The van der Waals surface area contributed by atoms with Crippen molar-refractivity contribution in [1.82, 2.24) is 5.32 Å². The minimum Gasteiger partial charge on any atom is -0.508 e. The molecule has 2 aliphatic rings. The normalized spacial score (nSPS) is 24.5. The molecule has 1 saturated carbocycles. The molecule has 0 radical (unpaired) electrons. The summed E-state index contributed by atoms with van der Waals surface area (Å²) in [6.07, 6.45) is 3.62. The van der Waals surface area contributed by atoms with Crippen LogP contribution in [-0.4, -0.2) is 11.0 Å². The Morgan fingerprint density at radius 1 is 1.33 bits per heavy atom. The lowest BCUT2D eigenvalue weighted by Gasteiger charge is -2.31. The summed E-state index contributed by atoms with van der Waals surface area (Å²) in [5.74, 6) is 0.813. The third kappa shape index (κ3) is 1.23. The molecule has 0 bridgehead atoms. The summed E-state index contributed by atoms with van der Waals surface area (Å²) in [6.45, 7) is 0. The second-order valence-corrected chi connectivity index (χ2v) is 4.41. The molecule has 3 heteroatoms. The minimum absolute atomic E-state index is 0.00176. The molecule has 1 aliphatic carbocycles. The van der Waals surface area contributed by atoms with Gasteiger partial charge in [0, 0.05) is 5.56 Å². The largest absolute Gasteiger partial charge is 0.508 e. The van der Waals surface area contributed by atoms with E-state index in [9.17, 15) is 9.90 Å².